The van der Waals surface area contributed by atoms with Gasteiger partial charge in [0.25, 0.3) is 0 Å². The predicted molar refractivity (Wildman–Crippen MR) is 38.7 cm³/mol. The number of carboxylic acids is 1. The van der Waals surface area contributed by atoms with Crippen LogP contribution in [0.3, 0.4) is 0 Å². The number of aromatic carboxylic acids is 1. The number of rotatable bonds is 1. The molecule has 0 heterocycles. The smallest absolute Gasteiger partial charge is 0.335 e. The Balaban J connectivity index is 3.33. The number of halogens is 2. The Labute approximate surface area is 68.2 Å². The van der Waals surface area contributed by atoms with Crippen molar-refractivity contribution >= 4 is 19.3 Å². The van der Waals surface area contributed by atoms with E-state index in [1.54, 1.807) is 0 Å². The van der Waals surface area contributed by atoms with Gasteiger partial charge in [-0.1, -0.05) is 5.46 Å². The molecule has 0 aliphatic carbocycles. The molecule has 1 N–H and O–H groups in total. The van der Waals surface area contributed by atoms with Crippen molar-refractivity contribution in [2.75, 3.05) is 0 Å². The van der Waals surface area contributed by atoms with Crippen molar-refractivity contribution in [3.8, 4) is 0 Å². The third kappa shape index (κ3) is 1.44. The Morgan fingerprint density at radius 3 is 2.33 bits per heavy atom. The van der Waals surface area contributed by atoms with Gasteiger partial charge in [-0.05, 0) is 12.1 Å². The summed E-state index contributed by atoms with van der Waals surface area (Å²) >= 11 is 0. The third-order valence-corrected chi connectivity index (χ3v) is 1.32. The minimum absolute atomic E-state index is 0.290. The maximum Gasteiger partial charge on any atom is 0.335 e. The quantitative estimate of drug-likeness (QED) is 0.618. The Morgan fingerprint density at radius 2 is 1.83 bits per heavy atom. The van der Waals surface area contributed by atoms with Gasteiger partial charge in [-0.3, -0.25) is 0 Å². The molecule has 0 unspecified atom stereocenters. The van der Waals surface area contributed by atoms with Crippen LogP contribution in [0.1, 0.15) is 10.4 Å². The molecule has 0 saturated heterocycles. The van der Waals surface area contributed by atoms with Gasteiger partial charge in [0.05, 0.1) is 5.56 Å². The van der Waals surface area contributed by atoms with Gasteiger partial charge < -0.3 is 5.11 Å². The molecule has 2 nitrogen and oxygen atoms in total. The Hall–Kier alpha value is -1.39. The van der Waals surface area contributed by atoms with E-state index < -0.39 is 23.2 Å². The second-order valence-corrected chi connectivity index (χ2v) is 2.16. The van der Waals surface area contributed by atoms with Crippen LogP contribution in [-0.2, 0) is 0 Å². The van der Waals surface area contributed by atoms with E-state index >= 15 is 0 Å². The van der Waals surface area contributed by atoms with Gasteiger partial charge in [0.2, 0.25) is 0 Å². The van der Waals surface area contributed by atoms with E-state index in [0.717, 1.165) is 0 Å². The lowest BCUT2D eigenvalue weighted by molar-refractivity contribution is 0.0698. The number of benzene rings is 1. The molecular weight excluding hydrogens is 165 g/mol. The molecule has 12 heavy (non-hydrogen) atoms. The summed E-state index contributed by atoms with van der Waals surface area (Å²) < 4.78 is 24.8. The monoisotopic (exact) mass is 168 g/mol. The first-order valence-corrected chi connectivity index (χ1v) is 3.00. The van der Waals surface area contributed by atoms with Gasteiger partial charge in [-0.25, -0.2) is 13.6 Å². The summed E-state index contributed by atoms with van der Waals surface area (Å²) in [4.78, 5) is 10.3. The fourth-order valence-corrected chi connectivity index (χ4v) is 0.747. The Kier molecular flexibility index (Phi) is 2.12. The van der Waals surface area contributed by atoms with E-state index in [0.29, 0.717) is 12.1 Å². The SMILES string of the molecule is [B]c1cc(F)c(F)cc1C(=O)O. The minimum Gasteiger partial charge on any atom is -0.478 e. The molecule has 0 saturated carbocycles. The third-order valence-electron chi connectivity index (χ3n) is 1.32. The van der Waals surface area contributed by atoms with Crippen LogP contribution in [0.15, 0.2) is 12.1 Å². The van der Waals surface area contributed by atoms with E-state index in [9.17, 15) is 13.6 Å². The molecule has 0 aliphatic heterocycles. The standard InChI is InChI=1S/C7H3BF2O2/c8-4-2-6(10)5(9)1-3(4)7(11)12/h1-2H,(H,11,12). The van der Waals surface area contributed by atoms with Crippen LogP contribution in [-0.4, -0.2) is 18.9 Å². The first-order chi connectivity index (χ1) is 5.52. The lowest BCUT2D eigenvalue weighted by atomic mass is 9.90. The van der Waals surface area contributed by atoms with E-state index in [1.165, 1.54) is 0 Å². The molecular formula is C7H3BF2O2. The van der Waals surface area contributed by atoms with Gasteiger partial charge in [-0.15, -0.1) is 0 Å². The molecule has 1 aromatic carbocycles. The van der Waals surface area contributed by atoms with Gasteiger partial charge in [0, 0.05) is 0 Å². The maximum atomic E-state index is 12.4. The summed E-state index contributed by atoms with van der Waals surface area (Å²) in [5, 5.41) is 8.41. The molecule has 1 rings (SSSR count). The summed E-state index contributed by atoms with van der Waals surface area (Å²) in [6, 6.07) is 1.19. The second-order valence-electron chi connectivity index (χ2n) is 2.16. The Bertz CT molecular complexity index is 338. The van der Waals surface area contributed by atoms with Crippen LogP contribution in [0.2, 0.25) is 0 Å². The zero-order valence-corrected chi connectivity index (χ0v) is 5.84. The molecule has 0 amide bonds. The zero-order chi connectivity index (χ0) is 9.30. The highest BCUT2D eigenvalue weighted by Gasteiger charge is 2.11. The second kappa shape index (κ2) is 2.93. The van der Waals surface area contributed by atoms with Crippen LogP contribution < -0.4 is 5.46 Å². The van der Waals surface area contributed by atoms with Gasteiger partial charge in [0.15, 0.2) is 11.6 Å². The highest BCUT2D eigenvalue weighted by molar-refractivity contribution is 6.36. The number of carbonyl (C=O) groups is 1. The average Bonchev–Trinajstić information content (AvgIpc) is 1.96. The van der Waals surface area contributed by atoms with Crippen molar-refractivity contribution in [3.05, 3.63) is 29.3 Å². The van der Waals surface area contributed by atoms with E-state index in [-0.39, 0.29) is 5.46 Å². The molecule has 1 aromatic rings. The molecule has 0 atom stereocenters. The van der Waals surface area contributed by atoms with Gasteiger partial charge in [0.1, 0.15) is 7.85 Å². The molecule has 60 valence electrons. The number of hydrogen-bond acceptors (Lipinski definition) is 1. The van der Waals surface area contributed by atoms with Crippen molar-refractivity contribution in [3.63, 3.8) is 0 Å². The van der Waals surface area contributed by atoms with Gasteiger partial charge >= 0.3 is 5.97 Å². The average molecular weight is 168 g/mol. The number of hydrogen-bond donors (Lipinski definition) is 1. The van der Waals surface area contributed by atoms with E-state index in [1.807, 2.05) is 0 Å². The largest absolute Gasteiger partial charge is 0.478 e. The minimum atomic E-state index is -1.38. The molecule has 0 aliphatic rings. The van der Waals surface area contributed by atoms with Crippen molar-refractivity contribution in [1.82, 2.24) is 0 Å². The molecule has 2 radical (unpaired) electrons. The van der Waals surface area contributed by atoms with Crippen molar-refractivity contribution in [2.24, 2.45) is 0 Å². The highest BCUT2D eigenvalue weighted by atomic mass is 19.2. The first kappa shape index (κ1) is 8.71. The molecule has 5 heteroatoms. The zero-order valence-electron chi connectivity index (χ0n) is 5.84. The fraction of sp³-hybridized carbons (Fsp3) is 0. The van der Waals surface area contributed by atoms with Crippen LogP contribution in [0.5, 0.6) is 0 Å². The summed E-state index contributed by atoms with van der Waals surface area (Å²) in [5.74, 6) is -3.76. The van der Waals surface area contributed by atoms with Crippen molar-refractivity contribution < 1.29 is 18.7 Å². The summed E-state index contributed by atoms with van der Waals surface area (Å²) in [5.41, 5.74) is -0.727. The summed E-state index contributed by atoms with van der Waals surface area (Å²) in [6.45, 7) is 0. The van der Waals surface area contributed by atoms with Crippen LogP contribution in [0.25, 0.3) is 0 Å². The first-order valence-electron chi connectivity index (χ1n) is 3.00. The van der Waals surface area contributed by atoms with E-state index in [2.05, 4.69) is 0 Å². The topological polar surface area (TPSA) is 37.3 Å². The molecule has 0 aromatic heterocycles. The van der Waals surface area contributed by atoms with Crippen molar-refractivity contribution in [1.29, 1.82) is 0 Å². The number of carboxylic acid groups (broad SMARTS) is 1. The summed E-state index contributed by atoms with van der Waals surface area (Å²) in [7, 11) is 5.10. The maximum absolute atomic E-state index is 12.4. The highest BCUT2D eigenvalue weighted by Crippen LogP contribution is 2.05. The molecule has 0 fully saturated rings. The van der Waals surface area contributed by atoms with Crippen LogP contribution >= 0.6 is 0 Å². The lowest BCUT2D eigenvalue weighted by Crippen LogP contribution is -2.17. The van der Waals surface area contributed by atoms with Crippen molar-refractivity contribution in [2.45, 2.75) is 0 Å². The van der Waals surface area contributed by atoms with Gasteiger partial charge in [-0.2, -0.15) is 0 Å². The van der Waals surface area contributed by atoms with Crippen LogP contribution in [0, 0.1) is 11.6 Å². The van der Waals surface area contributed by atoms with E-state index in [4.69, 9.17) is 13.0 Å². The molecule has 0 bridgehead atoms. The Morgan fingerprint density at radius 1 is 1.33 bits per heavy atom. The fourth-order valence-electron chi connectivity index (χ4n) is 0.747. The lowest BCUT2D eigenvalue weighted by Gasteiger charge is -2.00. The summed E-state index contributed by atoms with van der Waals surface area (Å²) in [6.07, 6.45) is 0. The normalized spacial score (nSPS) is 9.83. The van der Waals surface area contributed by atoms with Crippen LogP contribution in [0.4, 0.5) is 8.78 Å². The predicted octanol–water partition coefficient (Wildman–Crippen LogP) is 0.457. The molecule has 0 spiro atoms.